The van der Waals surface area contributed by atoms with Gasteiger partial charge in [-0.15, -0.1) is 0 Å². The Morgan fingerprint density at radius 2 is 2.00 bits per heavy atom. The van der Waals surface area contributed by atoms with Crippen molar-refractivity contribution < 1.29 is 0 Å². The Kier molecular flexibility index (Phi) is 3.99. The second-order valence-electron chi connectivity index (χ2n) is 7.69. The average molecular weight is 363 g/mol. The molecular formula is C21H25N5O. The lowest BCUT2D eigenvalue weighted by Gasteiger charge is -2.26. The highest BCUT2D eigenvalue weighted by Crippen LogP contribution is 2.36. The standard InChI is InChI=1S/C21H25N5O/c1-2-16-18-20(26(25-16)13-7-3-4-8-13)23-19(24-21(18)27)15-11-12-22-17-10-6-5-9-14(15)17/h5-6,9-10,13,15,22H,2-4,7-8,11-12H2,1H3,(H,23,24,27). The van der Waals surface area contributed by atoms with Gasteiger partial charge in [-0.3, -0.25) is 4.79 Å². The van der Waals surface area contributed by atoms with Crippen molar-refractivity contribution in [2.75, 3.05) is 11.9 Å². The largest absolute Gasteiger partial charge is 0.385 e. The number of para-hydroxylation sites is 1. The molecule has 6 nitrogen and oxygen atoms in total. The summed E-state index contributed by atoms with van der Waals surface area (Å²) in [4.78, 5) is 21.1. The number of aromatic nitrogens is 4. The van der Waals surface area contributed by atoms with Gasteiger partial charge in [-0.05, 0) is 37.3 Å². The van der Waals surface area contributed by atoms with Crippen molar-refractivity contribution in [1.29, 1.82) is 0 Å². The summed E-state index contributed by atoms with van der Waals surface area (Å²) in [7, 11) is 0. The van der Waals surface area contributed by atoms with Crippen molar-refractivity contribution in [3.05, 3.63) is 51.7 Å². The Morgan fingerprint density at radius 1 is 1.19 bits per heavy atom. The van der Waals surface area contributed by atoms with Gasteiger partial charge in [0.05, 0.1) is 11.7 Å². The van der Waals surface area contributed by atoms with Crippen LogP contribution in [0.5, 0.6) is 0 Å². The Labute approximate surface area is 158 Å². The van der Waals surface area contributed by atoms with Crippen LogP contribution in [0, 0.1) is 0 Å². The molecule has 1 saturated carbocycles. The van der Waals surface area contributed by atoms with Crippen LogP contribution in [0.15, 0.2) is 29.1 Å². The van der Waals surface area contributed by atoms with E-state index in [4.69, 9.17) is 10.1 Å². The third kappa shape index (κ3) is 2.66. The molecule has 27 heavy (non-hydrogen) atoms. The first kappa shape index (κ1) is 16.5. The van der Waals surface area contributed by atoms with Crippen molar-refractivity contribution in [3.8, 4) is 0 Å². The molecule has 1 aromatic carbocycles. The summed E-state index contributed by atoms with van der Waals surface area (Å²) in [5.74, 6) is 0.875. The van der Waals surface area contributed by atoms with Gasteiger partial charge >= 0.3 is 0 Å². The molecule has 1 aliphatic heterocycles. The molecule has 0 radical (unpaired) electrons. The van der Waals surface area contributed by atoms with Crippen LogP contribution in [0.4, 0.5) is 5.69 Å². The third-order valence-corrected chi connectivity index (χ3v) is 6.07. The predicted molar refractivity (Wildman–Crippen MR) is 106 cm³/mol. The first-order valence-electron chi connectivity index (χ1n) is 10.1. The summed E-state index contributed by atoms with van der Waals surface area (Å²) < 4.78 is 2.05. The van der Waals surface area contributed by atoms with Crippen LogP contribution in [0.1, 0.15) is 68.1 Å². The van der Waals surface area contributed by atoms with Crippen LogP contribution < -0.4 is 10.9 Å². The first-order valence-corrected chi connectivity index (χ1v) is 10.1. The van der Waals surface area contributed by atoms with Crippen LogP contribution in [0.3, 0.4) is 0 Å². The average Bonchev–Trinajstić information content (AvgIpc) is 3.35. The fourth-order valence-electron chi connectivity index (χ4n) is 4.70. The van der Waals surface area contributed by atoms with E-state index in [1.165, 1.54) is 18.4 Å². The summed E-state index contributed by atoms with van der Waals surface area (Å²) >= 11 is 0. The number of fused-ring (bicyclic) bond motifs is 2. The molecule has 0 saturated heterocycles. The number of hydrogen-bond acceptors (Lipinski definition) is 4. The second-order valence-corrected chi connectivity index (χ2v) is 7.69. The predicted octanol–water partition coefficient (Wildman–Crippen LogP) is 3.74. The molecule has 3 heterocycles. The highest BCUT2D eigenvalue weighted by atomic mass is 16.1. The second kappa shape index (κ2) is 6.51. The zero-order chi connectivity index (χ0) is 18.4. The molecule has 3 aromatic rings. The minimum atomic E-state index is -0.0490. The highest BCUT2D eigenvalue weighted by Gasteiger charge is 2.27. The Balaban J connectivity index is 1.69. The van der Waals surface area contributed by atoms with Gasteiger partial charge in [-0.1, -0.05) is 38.0 Å². The normalized spacial score (nSPS) is 20.0. The zero-order valence-electron chi connectivity index (χ0n) is 15.7. The fourth-order valence-corrected chi connectivity index (χ4v) is 4.70. The molecule has 1 atom stereocenters. The van der Waals surface area contributed by atoms with Gasteiger partial charge in [0.15, 0.2) is 5.65 Å². The number of nitrogens with zero attached hydrogens (tertiary/aromatic N) is 3. The minimum Gasteiger partial charge on any atom is -0.385 e. The van der Waals surface area contributed by atoms with Crippen molar-refractivity contribution in [2.24, 2.45) is 0 Å². The van der Waals surface area contributed by atoms with Crippen molar-refractivity contribution >= 4 is 16.7 Å². The summed E-state index contributed by atoms with van der Waals surface area (Å²) in [6.45, 7) is 2.93. The number of nitrogens with one attached hydrogen (secondary N) is 2. The van der Waals surface area contributed by atoms with Crippen molar-refractivity contribution in [3.63, 3.8) is 0 Å². The SMILES string of the molecule is CCc1nn(C2CCCC2)c2nc(C3CCNc4ccccc43)[nH]c(=O)c12. The number of benzene rings is 1. The molecule has 5 rings (SSSR count). The van der Waals surface area contributed by atoms with Crippen LogP contribution in [0.2, 0.25) is 0 Å². The van der Waals surface area contributed by atoms with E-state index in [1.54, 1.807) is 0 Å². The third-order valence-electron chi connectivity index (χ3n) is 6.07. The molecule has 2 aliphatic rings. The Morgan fingerprint density at radius 3 is 2.81 bits per heavy atom. The maximum Gasteiger partial charge on any atom is 0.262 e. The van der Waals surface area contributed by atoms with Gasteiger partial charge in [0.2, 0.25) is 0 Å². The number of aromatic amines is 1. The number of aryl methyl sites for hydroxylation is 1. The van der Waals surface area contributed by atoms with Gasteiger partial charge < -0.3 is 10.3 Å². The maximum atomic E-state index is 13.0. The lowest BCUT2D eigenvalue weighted by Crippen LogP contribution is -2.22. The zero-order valence-corrected chi connectivity index (χ0v) is 15.7. The summed E-state index contributed by atoms with van der Waals surface area (Å²) in [6, 6.07) is 8.68. The van der Waals surface area contributed by atoms with E-state index in [0.717, 1.165) is 55.1 Å². The van der Waals surface area contributed by atoms with E-state index in [2.05, 4.69) is 29.4 Å². The quantitative estimate of drug-likeness (QED) is 0.743. The van der Waals surface area contributed by atoms with Crippen molar-refractivity contribution in [1.82, 2.24) is 19.7 Å². The molecule has 6 heteroatoms. The Bertz CT molecular complexity index is 1040. The van der Waals surface area contributed by atoms with Gasteiger partial charge in [-0.2, -0.15) is 5.10 Å². The lowest BCUT2D eigenvalue weighted by molar-refractivity contribution is 0.473. The first-order chi connectivity index (χ1) is 13.3. The smallest absolute Gasteiger partial charge is 0.262 e. The summed E-state index contributed by atoms with van der Waals surface area (Å²) in [5.41, 5.74) is 3.92. The highest BCUT2D eigenvalue weighted by molar-refractivity contribution is 5.77. The van der Waals surface area contributed by atoms with Crippen LogP contribution in [-0.4, -0.2) is 26.3 Å². The van der Waals surface area contributed by atoms with Gasteiger partial charge in [-0.25, -0.2) is 9.67 Å². The van der Waals surface area contributed by atoms with Crippen LogP contribution >= 0.6 is 0 Å². The molecule has 1 aliphatic carbocycles. The fraction of sp³-hybridized carbons (Fsp3) is 0.476. The molecule has 1 unspecified atom stereocenters. The minimum absolute atomic E-state index is 0.0490. The molecule has 0 bridgehead atoms. The molecule has 2 N–H and O–H groups in total. The van der Waals surface area contributed by atoms with Crippen LogP contribution in [-0.2, 0) is 6.42 Å². The summed E-state index contributed by atoms with van der Waals surface area (Å²) in [5, 5.41) is 8.93. The molecule has 0 amide bonds. The summed E-state index contributed by atoms with van der Waals surface area (Å²) in [6.07, 6.45) is 6.37. The lowest BCUT2D eigenvalue weighted by atomic mass is 9.90. The molecule has 2 aromatic heterocycles. The van der Waals surface area contributed by atoms with E-state index < -0.39 is 0 Å². The number of hydrogen-bond donors (Lipinski definition) is 2. The molecule has 140 valence electrons. The van der Waals surface area contributed by atoms with Gasteiger partial charge in [0, 0.05) is 18.2 Å². The van der Waals surface area contributed by atoms with E-state index in [-0.39, 0.29) is 11.5 Å². The van der Waals surface area contributed by atoms with Gasteiger partial charge in [0.25, 0.3) is 5.56 Å². The number of anilines is 1. The van der Waals surface area contributed by atoms with Crippen molar-refractivity contribution in [2.45, 2.75) is 57.4 Å². The maximum absolute atomic E-state index is 13.0. The van der Waals surface area contributed by atoms with Gasteiger partial charge in [0.1, 0.15) is 11.2 Å². The number of H-pyrrole nitrogens is 1. The van der Waals surface area contributed by atoms with E-state index in [9.17, 15) is 4.79 Å². The Hall–Kier alpha value is -2.63. The molecular weight excluding hydrogens is 338 g/mol. The molecule has 1 fully saturated rings. The van der Waals surface area contributed by atoms with E-state index in [0.29, 0.717) is 11.4 Å². The number of rotatable bonds is 3. The topological polar surface area (TPSA) is 75.6 Å². The monoisotopic (exact) mass is 363 g/mol. The van der Waals surface area contributed by atoms with Crippen LogP contribution in [0.25, 0.3) is 11.0 Å². The van der Waals surface area contributed by atoms with E-state index >= 15 is 0 Å². The van der Waals surface area contributed by atoms with E-state index in [1.807, 2.05) is 16.8 Å². The molecule has 0 spiro atoms.